The summed E-state index contributed by atoms with van der Waals surface area (Å²) in [4.78, 5) is 0. The highest BCUT2D eigenvalue weighted by Gasteiger charge is 2.02. The van der Waals surface area contributed by atoms with Gasteiger partial charge < -0.3 is 0 Å². The fourth-order valence-electron chi connectivity index (χ4n) is 0.692. The van der Waals surface area contributed by atoms with E-state index < -0.39 is 5.82 Å². The van der Waals surface area contributed by atoms with Crippen molar-refractivity contribution in [3.8, 4) is 0 Å². The molecule has 0 spiro atoms. The zero-order valence-corrected chi connectivity index (χ0v) is 7.11. The quantitative estimate of drug-likeness (QED) is 0.515. The first kappa shape index (κ1) is 8.56. The Labute approximate surface area is 74.5 Å². The molecule has 0 fully saturated rings. The van der Waals surface area contributed by atoms with Crippen molar-refractivity contribution in [2.24, 2.45) is 4.40 Å². The number of rotatable bonds is 1. The van der Waals surface area contributed by atoms with Gasteiger partial charge in [0.15, 0.2) is 0 Å². The van der Waals surface area contributed by atoms with Crippen LogP contribution in [0.25, 0.3) is 0 Å². The maximum absolute atomic E-state index is 12.8. The molecule has 0 bridgehead atoms. The van der Waals surface area contributed by atoms with Gasteiger partial charge >= 0.3 is 0 Å². The second-order valence-electron chi connectivity index (χ2n) is 1.88. The molecule has 4 heteroatoms. The van der Waals surface area contributed by atoms with Crippen molar-refractivity contribution in [1.82, 2.24) is 0 Å². The van der Waals surface area contributed by atoms with Crippen molar-refractivity contribution in [2.45, 2.75) is 0 Å². The number of benzene rings is 1. The van der Waals surface area contributed by atoms with E-state index in [9.17, 15) is 4.39 Å². The van der Waals surface area contributed by atoms with Crippen molar-refractivity contribution < 1.29 is 4.39 Å². The Morgan fingerprint density at radius 3 is 2.82 bits per heavy atom. The average molecular weight is 190 g/mol. The third kappa shape index (κ3) is 1.94. The summed E-state index contributed by atoms with van der Waals surface area (Å²) in [6, 6.07) is 4.44. The molecule has 1 rings (SSSR count). The fourth-order valence-corrected chi connectivity index (χ4v) is 1.02. The minimum Gasteiger partial charge on any atom is -0.227 e. The van der Waals surface area contributed by atoms with E-state index in [2.05, 4.69) is 17.2 Å². The molecule has 0 N–H and O–H groups in total. The van der Waals surface area contributed by atoms with Gasteiger partial charge in [-0.15, -0.1) is 0 Å². The average Bonchev–Trinajstić information content (AvgIpc) is 1.97. The summed E-state index contributed by atoms with van der Waals surface area (Å²) in [6.07, 6.45) is 1.26. The lowest BCUT2D eigenvalue weighted by molar-refractivity contribution is 0.626. The molecule has 0 amide bonds. The van der Waals surface area contributed by atoms with Crippen LogP contribution in [0.15, 0.2) is 22.6 Å². The van der Waals surface area contributed by atoms with Gasteiger partial charge in [0.2, 0.25) is 0 Å². The maximum atomic E-state index is 12.8. The standard InChI is InChI=1S/C7H5ClFNS/c8-6-2-1-3-7(9)5(6)4-10-11/h1-4,11H/b10-4+. The Morgan fingerprint density at radius 2 is 2.27 bits per heavy atom. The van der Waals surface area contributed by atoms with Crippen LogP contribution >= 0.6 is 24.4 Å². The summed E-state index contributed by atoms with van der Waals surface area (Å²) in [5, 5.41) is 0.336. The first-order valence-corrected chi connectivity index (χ1v) is 3.65. The zero-order valence-electron chi connectivity index (χ0n) is 5.46. The minimum atomic E-state index is -0.393. The summed E-state index contributed by atoms with van der Waals surface area (Å²) in [6.45, 7) is 0. The van der Waals surface area contributed by atoms with Gasteiger partial charge in [0, 0.05) is 11.8 Å². The Hall–Kier alpha value is -0.540. The summed E-state index contributed by atoms with van der Waals surface area (Å²) >= 11 is 9.21. The minimum absolute atomic E-state index is 0.268. The number of halogens is 2. The predicted molar refractivity (Wildman–Crippen MR) is 48.0 cm³/mol. The van der Waals surface area contributed by atoms with Crippen LogP contribution < -0.4 is 0 Å². The first-order valence-electron chi connectivity index (χ1n) is 2.87. The lowest BCUT2D eigenvalue weighted by Crippen LogP contribution is -1.87. The third-order valence-corrected chi connectivity index (χ3v) is 1.63. The maximum Gasteiger partial charge on any atom is 0.133 e. The summed E-state index contributed by atoms with van der Waals surface area (Å²) in [7, 11) is 0. The highest BCUT2D eigenvalue weighted by Crippen LogP contribution is 2.16. The van der Waals surface area contributed by atoms with E-state index in [1.54, 1.807) is 6.07 Å². The van der Waals surface area contributed by atoms with Crippen LogP contribution in [0.3, 0.4) is 0 Å². The van der Waals surface area contributed by atoms with Gasteiger partial charge in [-0.2, -0.15) is 0 Å². The number of hydrogen-bond donors (Lipinski definition) is 1. The van der Waals surface area contributed by atoms with Crippen LogP contribution in [0.5, 0.6) is 0 Å². The van der Waals surface area contributed by atoms with Crippen LogP contribution in [-0.2, 0) is 0 Å². The Kier molecular flexibility index (Phi) is 2.91. The highest BCUT2D eigenvalue weighted by atomic mass is 35.5. The van der Waals surface area contributed by atoms with E-state index in [1.807, 2.05) is 0 Å². The molecule has 0 atom stereocenters. The Balaban J connectivity index is 3.20. The van der Waals surface area contributed by atoms with E-state index in [0.29, 0.717) is 5.02 Å². The molecule has 0 aromatic heterocycles. The molecule has 0 saturated heterocycles. The number of nitrogens with zero attached hydrogens (tertiary/aromatic N) is 1. The molecular weight excluding hydrogens is 185 g/mol. The number of thiol groups is 1. The fraction of sp³-hybridized carbons (Fsp3) is 0. The van der Waals surface area contributed by atoms with Crippen LogP contribution in [0.1, 0.15) is 5.56 Å². The topological polar surface area (TPSA) is 12.4 Å². The molecule has 1 aromatic carbocycles. The molecule has 0 aliphatic carbocycles. The Morgan fingerprint density at radius 1 is 1.55 bits per heavy atom. The lowest BCUT2D eigenvalue weighted by Gasteiger charge is -1.96. The van der Waals surface area contributed by atoms with Crippen LogP contribution in [0.4, 0.5) is 4.39 Å². The van der Waals surface area contributed by atoms with Crippen molar-refractivity contribution in [3.05, 3.63) is 34.6 Å². The molecule has 0 aliphatic heterocycles. The van der Waals surface area contributed by atoms with Gasteiger partial charge in [0.25, 0.3) is 0 Å². The molecule has 0 radical (unpaired) electrons. The van der Waals surface area contributed by atoms with E-state index in [0.717, 1.165) is 0 Å². The van der Waals surface area contributed by atoms with Crippen LogP contribution in [0.2, 0.25) is 5.02 Å². The molecule has 1 aromatic rings. The van der Waals surface area contributed by atoms with Gasteiger partial charge in [-0.05, 0) is 24.9 Å². The van der Waals surface area contributed by atoms with E-state index >= 15 is 0 Å². The van der Waals surface area contributed by atoms with Crippen LogP contribution in [0, 0.1) is 5.82 Å². The molecule has 58 valence electrons. The zero-order chi connectivity index (χ0) is 8.27. The van der Waals surface area contributed by atoms with Crippen molar-refractivity contribution in [1.29, 1.82) is 0 Å². The summed E-state index contributed by atoms with van der Waals surface area (Å²) in [5.41, 5.74) is 0.268. The van der Waals surface area contributed by atoms with Gasteiger partial charge in [-0.1, -0.05) is 17.7 Å². The molecular formula is C7H5ClFNS. The normalized spacial score (nSPS) is 10.8. The predicted octanol–water partition coefficient (Wildman–Crippen LogP) is 2.74. The summed E-state index contributed by atoms with van der Waals surface area (Å²) < 4.78 is 16.2. The van der Waals surface area contributed by atoms with Crippen molar-refractivity contribution >= 4 is 30.6 Å². The molecule has 1 nitrogen and oxygen atoms in total. The summed E-state index contributed by atoms with van der Waals surface area (Å²) in [5.74, 6) is -0.393. The van der Waals surface area contributed by atoms with Gasteiger partial charge in [-0.3, -0.25) is 0 Å². The van der Waals surface area contributed by atoms with Gasteiger partial charge in [0.1, 0.15) is 5.82 Å². The monoisotopic (exact) mass is 189 g/mol. The van der Waals surface area contributed by atoms with E-state index in [-0.39, 0.29) is 5.56 Å². The lowest BCUT2D eigenvalue weighted by atomic mass is 10.2. The van der Waals surface area contributed by atoms with Crippen molar-refractivity contribution in [2.75, 3.05) is 0 Å². The van der Waals surface area contributed by atoms with Gasteiger partial charge in [-0.25, -0.2) is 8.79 Å². The largest absolute Gasteiger partial charge is 0.227 e. The SMILES string of the molecule is Fc1cccc(Cl)c1/C=N/S. The van der Waals surface area contributed by atoms with E-state index in [1.165, 1.54) is 18.3 Å². The molecule has 0 saturated carbocycles. The second kappa shape index (κ2) is 3.74. The van der Waals surface area contributed by atoms with E-state index in [4.69, 9.17) is 11.6 Å². The molecule has 0 unspecified atom stereocenters. The smallest absolute Gasteiger partial charge is 0.133 e. The molecule has 0 aliphatic rings. The Bertz CT molecular complexity index is 268. The first-order chi connectivity index (χ1) is 5.25. The number of hydrogen-bond acceptors (Lipinski definition) is 2. The van der Waals surface area contributed by atoms with Crippen LogP contribution in [-0.4, -0.2) is 6.21 Å². The molecule has 0 heterocycles. The third-order valence-electron chi connectivity index (χ3n) is 1.19. The second-order valence-corrected chi connectivity index (χ2v) is 2.52. The molecule has 11 heavy (non-hydrogen) atoms. The highest BCUT2D eigenvalue weighted by molar-refractivity contribution is 7.79. The van der Waals surface area contributed by atoms with Gasteiger partial charge in [0.05, 0.1) is 5.02 Å². The van der Waals surface area contributed by atoms with Crippen molar-refractivity contribution in [3.63, 3.8) is 0 Å².